The molecule has 0 spiro atoms. The van der Waals surface area contributed by atoms with Gasteiger partial charge in [0.25, 0.3) is 5.91 Å². The highest BCUT2D eigenvalue weighted by Crippen LogP contribution is 2.14. The zero-order chi connectivity index (χ0) is 19.1. The maximum atomic E-state index is 12.2. The molecule has 2 N–H and O–H groups in total. The van der Waals surface area contributed by atoms with Crippen molar-refractivity contribution in [2.24, 2.45) is 0 Å². The monoisotopic (exact) mass is 359 g/mol. The molecule has 1 aromatic heterocycles. The molecule has 3 aromatic rings. The molecule has 3 rings (SSSR count). The number of carbonyl (C=O) groups excluding carboxylic acids is 1. The lowest BCUT2D eigenvalue weighted by atomic mass is 10.2. The van der Waals surface area contributed by atoms with Crippen LogP contribution in [-0.4, -0.2) is 23.0 Å². The summed E-state index contributed by atoms with van der Waals surface area (Å²) in [5.41, 5.74) is 2.56. The number of nitrogens with one attached hydrogen (secondary N) is 2. The van der Waals surface area contributed by atoms with E-state index in [-0.39, 0.29) is 5.91 Å². The van der Waals surface area contributed by atoms with E-state index in [2.05, 4.69) is 26.7 Å². The maximum absolute atomic E-state index is 12.2. The second-order valence-corrected chi connectivity index (χ2v) is 5.64. The molecule has 0 saturated heterocycles. The fourth-order valence-electron chi connectivity index (χ4n) is 2.33. The fraction of sp³-hybridized carbons (Fsp3) is 0.100. The van der Waals surface area contributed by atoms with Crippen LogP contribution >= 0.6 is 0 Å². The van der Waals surface area contributed by atoms with Crippen molar-refractivity contribution in [3.63, 3.8) is 0 Å². The zero-order valence-electron chi connectivity index (χ0n) is 14.6. The van der Waals surface area contributed by atoms with Gasteiger partial charge in [0, 0.05) is 24.6 Å². The highest BCUT2D eigenvalue weighted by molar-refractivity contribution is 5.93. The van der Waals surface area contributed by atoms with Gasteiger partial charge >= 0.3 is 0 Å². The summed E-state index contributed by atoms with van der Waals surface area (Å²) in [5.74, 6) is 0.850. The number of hydrogen-bond donors (Lipinski definition) is 2. The van der Waals surface area contributed by atoms with Crippen molar-refractivity contribution in [1.82, 2.24) is 15.3 Å². The predicted octanol–water partition coefficient (Wildman–Crippen LogP) is 3.03. The fourth-order valence-corrected chi connectivity index (χ4v) is 2.33. The van der Waals surface area contributed by atoms with Crippen molar-refractivity contribution in [1.29, 1.82) is 5.26 Å². The van der Waals surface area contributed by atoms with Crippen molar-refractivity contribution < 1.29 is 9.53 Å². The van der Waals surface area contributed by atoms with Crippen LogP contribution in [0.15, 0.2) is 60.9 Å². The third kappa shape index (κ3) is 4.80. The molecule has 0 fully saturated rings. The topological polar surface area (TPSA) is 99.9 Å². The van der Waals surface area contributed by atoms with Gasteiger partial charge in [-0.05, 0) is 35.9 Å². The average molecular weight is 359 g/mol. The highest BCUT2D eigenvalue weighted by atomic mass is 16.5. The minimum absolute atomic E-state index is 0.260. The third-order valence-electron chi connectivity index (χ3n) is 3.77. The number of anilines is 2. The van der Waals surface area contributed by atoms with Gasteiger partial charge in [0.2, 0.25) is 5.95 Å². The van der Waals surface area contributed by atoms with Crippen LogP contribution in [0.1, 0.15) is 21.5 Å². The van der Waals surface area contributed by atoms with Crippen molar-refractivity contribution in [3.05, 3.63) is 77.6 Å². The van der Waals surface area contributed by atoms with Crippen molar-refractivity contribution in [2.75, 3.05) is 12.4 Å². The minimum atomic E-state index is -0.260. The summed E-state index contributed by atoms with van der Waals surface area (Å²) in [5, 5.41) is 14.7. The van der Waals surface area contributed by atoms with Gasteiger partial charge in [-0.3, -0.25) is 4.79 Å². The SMILES string of the molecule is COc1ccc(CNC(=O)c2cnc(Nc3cccc(C#N)c3)nc2)cc1. The van der Waals surface area contributed by atoms with E-state index in [1.165, 1.54) is 12.4 Å². The second kappa shape index (κ2) is 8.45. The Morgan fingerprint density at radius 1 is 1.15 bits per heavy atom. The minimum Gasteiger partial charge on any atom is -0.497 e. The Balaban J connectivity index is 1.58. The van der Waals surface area contributed by atoms with Crippen LogP contribution in [0.4, 0.5) is 11.6 Å². The number of nitriles is 1. The first-order chi connectivity index (χ1) is 13.2. The van der Waals surface area contributed by atoms with E-state index in [0.717, 1.165) is 11.3 Å². The molecule has 0 aliphatic rings. The molecule has 0 unspecified atom stereocenters. The van der Waals surface area contributed by atoms with Crippen molar-refractivity contribution >= 4 is 17.5 Å². The molecule has 7 heteroatoms. The van der Waals surface area contributed by atoms with Gasteiger partial charge in [-0.15, -0.1) is 0 Å². The van der Waals surface area contributed by atoms with E-state index >= 15 is 0 Å². The summed E-state index contributed by atoms with van der Waals surface area (Å²) in [4.78, 5) is 20.5. The molecule has 7 nitrogen and oxygen atoms in total. The standard InChI is InChI=1S/C20H17N5O2/c1-27-18-7-5-14(6-8-18)11-22-19(26)16-12-23-20(24-13-16)25-17-4-2-3-15(9-17)10-21/h2-9,12-13H,11H2,1H3,(H,22,26)(H,23,24,25). The second-order valence-electron chi connectivity index (χ2n) is 5.64. The normalized spacial score (nSPS) is 9.93. The Labute approximate surface area is 156 Å². The van der Waals surface area contributed by atoms with Crippen molar-refractivity contribution in [2.45, 2.75) is 6.54 Å². The molecule has 134 valence electrons. The summed E-state index contributed by atoms with van der Waals surface area (Å²) in [7, 11) is 1.61. The van der Waals surface area contributed by atoms with E-state index in [1.807, 2.05) is 24.3 Å². The first kappa shape index (κ1) is 17.9. The lowest BCUT2D eigenvalue weighted by molar-refractivity contribution is 0.0950. The van der Waals surface area contributed by atoms with E-state index in [0.29, 0.717) is 29.3 Å². The van der Waals surface area contributed by atoms with Gasteiger partial charge in [-0.1, -0.05) is 18.2 Å². The molecule has 27 heavy (non-hydrogen) atoms. The molecular weight excluding hydrogens is 342 g/mol. The molecule has 2 aromatic carbocycles. The van der Waals surface area contributed by atoms with Gasteiger partial charge < -0.3 is 15.4 Å². The average Bonchev–Trinajstić information content (AvgIpc) is 2.73. The molecule has 1 amide bonds. The number of ether oxygens (including phenoxy) is 1. The van der Waals surface area contributed by atoms with E-state index in [1.54, 1.807) is 31.4 Å². The third-order valence-corrected chi connectivity index (χ3v) is 3.77. The van der Waals surface area contributed by atoms with Gasteiger partial charge in [-0.25, -0.2) is 9.97 Å². The maximum Gasteiger partial charge on any atom is 0.254 e. The van der Waals surface area contributed by atoms with Gasteiger partial charge in [0.1, 0.15) is 5.75 Å². The number of carbonyl (C=O) groups is 1. The van der Waals surface area contributed by atoms with Crippen molar-refractivity contribution in [3.8, 4) is 11.8 Å². The molecule has 0 atom stereocenters. The number of aromatic nitrogens is 2. The molecular formula is C20H17N5O2. The molecule has 0 saturated carbocycles. The number of hydrogen-bond acceptors (Lipinski definition) is 6. The quantitative estimate of drug-likeness (QED) is 0.702. The van der Waals surface area contributed by atoms with Crippen LogP contribution in [0.25, 0.3) is 0 Å². The van der Waals surface area contributed by atoms with Crippen LogP contribution in [-0.2, 0) is 6.54 Å². The molecule has 0 aliphatic carbocycles. The van der Waals surface area contributed by atoms with Crippen LogP contribution < -0.4 is 15.4 Å². The summed E-state index contributed by atoms with van der Waals surface area (Å²) in [6.45, 7) is 0.393. The van der Waals surface area contributed by atoms with Gasteiger partial charge in [-0.2, -0.15) is 5.26 Å². The van der Waals surface area contributed by atoms with Crippen LogP contribution in [0, 0.1) is 11.3 Å². The first-order valence-corrected chi connectivity index (χ1v) is 8.18. The predicted molar refractivity (Wildman–Crippen MR) is 101 cm³/mol. The Morgan fingerprint density at radius 2 is 1.89 bits per heavy atom. The lowest BCUT2D eigenvalue weighted by Crippen LogP contribution is -2.23. The highest BCUT2D eigenvalue weighted by Gasteiger charge is 2.07. The van der Waals surface area contributed by atoms with Crippen LogP contribution in [0.2, 0.25) is 0 Å². The number of benzene rings is 2. The molecule has 1 heterocycles. The first-order valence-electron chi connectivity index (χ1n) is 8.18. The van der Waals surface area contributed by atoms with E-state index in [4.69, 9.17) is 10.00 Å². The van der Waals surface area contributed by atoms with Crippen LogP contribution in [0.5, 0.6) is 5.75 Å². The number of methoxy groups -OCH3 is 1. The number of nitrogens with zero attached hydrogens (tertiary/aromatic N) is 3. The molecule has 0 bridgehead atoms. The number of amides is 1. The molecule has 0 radical (unpaired) electrons. The Morgan fingerprint density at radius 3 is 2.56 bits per heavy atom. The Hall–Kier alpha value is -3.92. The lowest BCUT2D eigenvalue weighted by Gasteiger charge is -2.07. The summed E-state index contributed by atoms with van der Waals surface area (Å²) < 4.78 is 5.11. The van der Waals surface area contributed by atoms with Crippen LogP contribution in [0.3, 0.4) is 0 Å². The number of rotatable bonds is 6. The van der Waals surface area contributed by atoms with E-state index < -0.39 is 0 Å². The van der Waals surface area contributed by atoms with Gasteiger partial charge in [0.05, 0.1) is 24.3 Å². The summed E-state index contributed by atoms with van der Waals surface area (Å²) in [6, 6.07) is 16.5. The Bertz CT molecular complexity index is 963. The van der Waals surface area contributed by atoms with Gasteiger partial charge in [0.15, 0.2) is 0 Å². The Kier molecular flexibility index (Phi) is 5.60. The molecule has 0 aliphatic heterocycles. The van der Waals surface area contributed by atoms with E-state index in [9.17, 15) is 4.79 Å². The smallest absolute Gasteiger partial charge is 0.254 e. The largest absolute Gasteiger partial charge is 0.497 e. The summed E-state index contributed by atoms with van der Waals surface area (Å²) in [6.07, 6.45) is 2.90. The summed E-state index contributed by atoms with van der Waals surface area (Å²) >= 11 is 0. The zero-order valence-corrected chi connectivity index (χ0v) is 14.6.